The van der Waals surface area contributed by atoms with Crippen LogP contribution >= 0.6 is 0 Å². The van der Waals surface area contributed by atoms with E-state index in [0.717, 1.165) is 5.46 Å². The van der Waals surface area contributed by atoms with Crippen molar-refractivity contribution in [1.29, 1.82) is 0 Å². The van der Waals surface area contributed by atoms with E-state index in [1.165, 1.54) is 0 Å². The molecule has 1 aromatic carbocycles. The highest BCUT2D eigenvalue weighted by Crippen LogP contribution is 1.86. The first kappa shape index (κ1) is 8.30. The number of rotatable bonds is 3. The molecule has 0 saturated carbocycles. The maximum Gasteiger partial charge on any atom is 0.491 e. The molecule has 0 bridgehead atoms. The Hall–Kier alpha value is -0.795. The van der Waals surface area contributed by atoms with Gasteiger partial charge in [-0.05, 0) is 12.4 Å². The maximum atomic E-state index is 9.30. The summed E-state index contributed by atoms with van der Waals surface area (Å²) in [6.07, 6.45) is 0. The molecule has 0 aliphatic carbocycles. The van der Waals surface area contributed by atoms with Gasteiger partial charge < -0.3 is 9.68 Å². The summed E-state index contributed by atoms with van der Waals surface area (Å²) in [6, 6.07) is 9.32. The Morgan fingerprint density at radius 2 is 2.00 bits per heavy atom. The van der Waals surface area contributed by atoms with E-state index in [-0.39, 0.29) is 0 Å². The fraction of sp³-hybridized carbons (Fsp3) is 0.250. The monoisotopic (exact) mass is 150 g/mol. The Morgan fingerprint density at radius 3 is 2.55 bits per heavy atom. The lowest BCUT2D eigenvalue weighted by Gasteiger charge is -2.04. The van der Waals surface area contributed by atoms with Crippen LogP contribution in [0.25, 0.3) is 0 Å². The zero-order chi connectivity index (χ0) is 8.10. The van der Waals surface area contributed by atoms with Crippen LogP contribution in [0.3, 0.4) is 0 Å². The average molecular weight is 150 g/mol. The van der Waals surface area contributed by atoms with E-state index in [1.807, 2.05) is 37.3 Å². The van der Waals surface area contributed by atoms with Gasteiger partial charge in [0.05, 0.1) is 0 Å². The summed E-state index contributed by atoms with van der Waals surface area (Å²) in [5, 5.41) is 9.30. The molecule has 0 aliphatic rings. The minimum Gasteiger partial charge on any atom is -0.423 e. The van der Waals surface area contributed by atoms with E-state index in [4.69, 9.17) is 4.65 Å². The van der Waals surface area contributed by atoms with Crippen LogP contribution in [0.15, 0.2) is 30.3 Å². The van der Waals surface area contributed by atoms with Gasteiger partial charge in [0.1, 0.15) is 0 Å². The second kappa shape index (κ2) is 4.16. The zero-order valence-corrected chi connectivity index (χ0v) is 6.53. The van der Waals surface area contributed by atoms with Crippen molar-refractivity contribution in [3.8, 4) is 0 Å². The lowest BCUT2D eigenvalue weighted by atomic mass is 9.80. The van der Waals surface area contributed by atoms with Crippen LogP contribution in [0.1, 0.15) is 6.92 Å². The molecule has 1 N–H and O–H groups in total. The smallest absolute Gasteiger partial charge is 0.423 e. The lowest BCUT2D eigenvalue weighted by molar-refractivity contribution is 0.287. The SMILES string of the molecule is CCOB(O)c1ccccc1. The standard InChI is InChI=1S/C8H11BO2/c1-2-11-9(10)8-6-4-3-5-7-8/h3-7,10H,2H2,1H3. The van der Waals surface area contributed by atoms with Crippen LogP contribution in [0.4, 0.5) is 0 Å². The van der Waals surface area contributed by atoms with Gasteiger partial charge in [0.25, 0.3) is 0 Å². The van der Waals surface area contributed by atoms with Gasteiger partial charge in [0, 0.05) is 6.61 Å². The van der Waals surface area contributed by atoms with Crippen molar-refractivity contribution in [3.05, 3.63) is 30.3 Å². The van der Waals surface area contributed by atoms with Crippen molar-refractivity contribution in [2.45, 2.75) is 6.92 Å². The van der Waals surface area contributed by atoms with E-state index < -0.39 is 7.12 Å². The Balaban J connectivity index is 2.61. The minimum atomic E-state index is -0.777. The fourth-order valence-electron chi connectivity index (χ4n) is 0.872. The highest BCUT2D eigenvalue weighted by molar-refractivity contribution is 6.59. The largest absolute Gasteiger partial charge is 0.491 e. The molecule has 0 aliphatic heterocycles. The first-order chi connectivity index (χ1) is 5.34. The summed E-state index contributed by atoms with van der Waals surface area (Å²) < 4.78 is 4.98. The third kappa shape index (κ3) is 2.37. The summed E-state index contributed by atoms with van der Waals surface area (Å²) in [4.78, 5) is 0. The van der Waals surface area contributed by atoms with Crippen LogP contribution in [0.5, 0.6) is 0 Å². The van der Waals surface area contributed by atoms with Crippen molar-refractivity contribution in [3.63, 3.8) is 0 Å². The molecule has 0 fully saturated rings. The van der Waals surface area contributed by atoms with Gasteiger partial charge in [-0.15, -0.1) is 0 Å². The Bertz CT molecular complexity index is 201. The van der Waals surface area contributed by atoms with Crippen molar-refractivity contribution in [1.82, 2.24) is 0 Å². The van der Waals surface area contributed by atoms with Crippen LogP contribution < -0.4 is 5.46 Å². The van der Waals surface area contributed by atoms with E-state index in [1.54, 1.807) is 0 Å². The minimum absolute atomic E-state index is 0.524. The molecule has 1 rings (SSSR count). The Labute approximate surface area is 67.0 Å². The van der Waals surface area contributed by atoms with Gasteiger partial charge in [0.2, 0.25) is 0 Å². The highest BCUT2D eigenvalue weighted by atomic mass is 16.5. The molecule has 0 amide bonds. The summed E-state index contributed by atoms with van der Waals surface area (Å²) in [5.41, 5.74) is 0.800. The van der Waals surface area contributed by atoms with Crippen molar-refractivity contribution >= 4 is 12.6 Å². The number of hydrogen-bond donors (Lipinski definition) is 1. The quantitative estimate of drug-likeness (QED) is 0.632. The van der Waals surface area contributed by atoms with Crippen molar-refractivity contribution < 1.29 is 9.68 Å². The highest BCUT2D eigenvalue weighted by Gasteiger charge is 2.13. The predicted molar refractivity (Wildman–Crippen MR) is 45.7 cm³/mol. The predicted octanol–water partition coefficient (Wildman–Crippen LogP) is 0.411. The van der Waals surface area contributed by atoms with E-state index in [0.29, 0.717) is 6.61 Å². The van der Waals surface area contributed by atoms with Gasteiger partial charge in [0.15, 0.2) is 0 Å². The van der Waals surface area contributed by atoms with Gasteiger partial charge in [-0.25, -0.2) is 0 Å². The molecule has 0 radical (unpaired) electrons. The second-order valence-corrected chi connectivity index (χ2v) is 2.22. The van der Waals surface area contributed by atoms with Crippen LogP contribution in [0.2, 0.25) is 0 Å². The molecule has 58 valence electrons. The molecule has 1 aromatic rings. The van der Waals surface area contributed by atoms with Gasteiger partial charge in [-0.3, -0.25) is 0 Å². The molecule has 0 unspecified atom stereocenters. The van der Waals surface area contributed by atoms with Crippen molar-refractivity contribution in [2.24, 2.45) is 0 Å². The lowest BCUT2D eigenvalue weighted by Crippen LogP contribution is -2.33. The molecule has 0 atom stereocenters. The van der Waals surface area contributed by atoms with Crippen LogP contribution in [0, 0.1) is 0 Å². The van der Waals surface area contributed by atoms with E-state index >= 15 is 0 Å². The van der Waals surface area contributed by atoms with Crippen molar-refractivity contribution in [2.75, 3.05) is 6.61 Å². The Kier molecular flexibility index (Phi) is 3.14. The van der Waals surface area contributed by atoms with Gasteiger partial charge >= 0.3 is 7.12 Å². The topological polar surface area (TPSA) is 29.5 Å². The third-order valence-corrected chi connectivity index (χ3v) is 1.41. The fourth-order valence-corrected chi connectivity index (χ4v) is 0.872. The summed E-state index contributed by atoms with van der Waals surface area (Å²) >= 11 is 0. The second-order valence-electron chi connectivity index (χ2n) is 2.22. The Morgan fingerprint density at radius 1 is 1.36 bits per heavy atom. The summed E-state index contributed by atoms with van der Waals surface area (Å²) in [7, 11) is -0.777. The van der Waals surface area contributed by atoms with Gasteiger partial charge in [-0.1, -0.05) is 30.3 Å². The molecule has 0 heterocycles. The number of hydrogen-bond acceptors (Lipinski definition) is 2. The van der Waals surface area contributed by atoms with Gasteiger partial charge in [-0.2, -0.15) is 0 Å². The molecule has 0 aromatic heterocycles. The first-order valence-electron chi connectivity index (χ1n) is 3.69. The third-order valence-electron chi connectivity index (χ3n) is 1.41. The molecular formula is C8H11BO2. The van der Waals surface area contributed by atoms with Crippen LogP contribution in [-0.4, -0.2) is 18.7 Å². The molecule has 11 heavy (non-hydrogen) atoms. The molecule has 0 saturated heterocycles. The maximum absolute atomic E-state index is 9.30. The van der Waals surface area contributed by atoms with E-state index in [9.17, 15) is 5.02 Å². The first-order valence-corrected chi connectivity index (χ1v) is 3.69. The average Bonchev–Trinajstić information content (AvgIpc) is 2.07. The van der Waals surface area contributed by atoms with E-state index in [2.05, 4.69) is 0 Å². The number of benzene rings is 1. The molecular weight excluding hydrogens is 139 g/mol. The summed E-state index contributed by atoms with van der Waals surface area (Å²) in [6.45, 7) is 2.38. The summed E-state index contributed by atoms with van der Waals surface area (Å²) in [5.74, 6) is 0. The molecule has 3 heteroatoms. The molecule has 0 spiro atoms. The van der Waals surface area contributed by atoms with Crippen LogP contribution in [-0.2, 0) is 4.65 Å². The molecule has 2 nitrogen and oxygen atoms in total. The zero-order valence-electron chi connectivity index (χ0n) is 6.53. The normalized spacial score (nSPS) is 9.64.